The van der Waals surface area contributed by atoms with E-state index in [2.05, 4.69) is 39.5 Å². The Bertz CT molecular complexity index is 1180. The number of halogens is 1. The van der Waals surface area contributed by atoms with Crippen LogP contribution in [0.5, 0.6) is 5.75 Å². The molecule has 2 aliphatic heterocycles. The van der Waals surface area contributed by atoms with E-state index < -0.39 is 0 Å². The number of aromatic hydroxyl groups is 1. The Labute approximate surface area is 192 Å². The summed E-state index contributed by atoms with van der Waals surface area (Å²) in [6.45, 7) is 2.95. The Balaban J connectivity index is 0.00000245. The molecule has 0 unspecified atom stereocenters. The summed E-state index contributed by atoms with van der Waals surface area (Å²) in [5, 5.41) is 14.0. The quantitative estimate of drug-likeness (QED) is 0.522. The van der Waals surface area contributed by atoms with Gasteiger partial charge in [-0.2, -0.15) is 0 Å². The number of ether oxygens (including phenoxy) is 1. The van der Waals surface area contributed by atoms with Crippen molar-refractivity contribution in [1.82, 2.24) is 15.2 Å². The summed E-state index contributed by atoms with van der Waals surface area (Å²) in [5.74, 6) is -0.0995. The fourth-order valence-corrected chi connectivity index (χ4v) is 4.73. The number of likely N-dealkylation sites (tertiary alicyclic amines) is 1. The SMILES string of the molecule is COC(=O)C1CCN(Cc2ccc3[nH]c(-c4ccc(O)c5c4C(=O)NC5)cc3c2)CC1.Cl. The molecule has 2 aromatic carbocycles. The minimum absolute atomic E-state index is 0. The molecule has 1 saturated heterocycles. The average Bonchev–Trinajstić information content (AvgIpc) is 3.38. The summed E-state index contributed by atoms with van der Waals surface area (Å²) in [7, 11) is 1.45. The van der Waals surface area contributed by atoms with Gasteiger partial charge >= 0.3 is 5.97 Å². The van der Waals surface area contributed by atoms with Gasteiger partial charge in [0.2, 0.25) is 0 Å². The number of esters is 1. The van der Waals surface area contributed by atoms with Gasteiger partial charge in [0.25, 0.3) is 5.91 Å². The molecule has 3 heterocycles. The van der Waals surface area contributed by atoms with Gasteiger partial charge in [0.05, 0.1) is 18.6 Å². The molecule has 0 bridgehead atoms. The largest absolute Gasteiger partial charge is 0.508 e. The Morgan fingerprint density at radius 2 is 1.97 bits per heavy atom. The van der Waals surface area contributed by atoms with E-state index in [0.717, 1.165) is 54.6 Å². The molecule has 0 atom stereocenters. The van der Waals surface area contributed by atoms with Crippen molar-refractivity contribution < 1.29 is 19.4 Å². The maximum Gasteiger partial charge on any atom is 0.308 e. The molecule has 0 aliphatic carbocycles. The molecule has 3 aromatic rings. The topological polar surface area (TPSA) is 94.7 Å². The van der Waals surface area contributed by atoms with Gasteiger partial charge in [-0.25, -0.2) is 0 Å². The highest BCUT2D eigenvalue weighted by molar-refractivity contribution is 6.05. The van der Waals surface area contributed by atoms with Crippen LogP contribution in [0.15, 0.2) is 36.4 Å². The lowest BCUT2D eigenvalue weighted by atomic mass is 9.96. The van der Waals surface area contributed by atoms with Crippen molar-refractivity contribution in [1.29, 1.82) is 0 Å². The maximum atomic E-state index is 12.3. The highest BCUT2D eigenvalue weighted by atomic mass is 35.5. The van der Waals surface area contributed by atoms with Crippen LogP contribution in [0.4, 0.5) is 0 Å². The number of amides is 1. The third-order valence-electron chi connectivity index (χ3n) is 6.44. The first-order valence-electron chi connectivity index (χ1n) is 10.6. The van der Waals surface area contributed by atoms with E-state index in [9.17, 15) is 14.7 Å². The number of fused-ring (bicyclic) bond motifs is 2. The lowest BCUT2D eigenvalue weighted by molar-refractivity contribution is -0.147. The highest BCUT2D eigenvalue weighted by Gasteiger charge is 2.27. The van der Waals surface area contributed by atoms with Crippen LogP contribution < -0.4 is 5.32 Å². The van der Waals surface area contributed by atoms with Gasteiger partial charge in [-0.3, -0.25) is 14.5 Å². The second-order valence-electron chi connectivity index (χ2n) is 8.35. The van der Waals surface area contributed by atoms with Gasteiger partial charge in [0, 0.05) is 40.8 Å². The molecular weight excluding hydrogens is 430 g/mol. The summed E-state index contributed by atoms with van der Waals surface area (Å²) in [6, 6.07) is 11.8. The fraction of sp³-hybridized carbons (Fsp3) is 0.333. The van der Waals surface area contributed by atoms with E-state index >= 15 is 0 Å². The van der Waals surface area contributed by atoms with Crippen molar-refractivity contribution >= 4 is 35.2 Å². The van der Waals surface area contributed by atoms with Crippen molar-refractivity contribution in [3.8, 4) is 17.0 Å². The summed E-state index contributed by atoms with van der Waals surface area (Å²) in [4.78, 5) is 29.8. The van der Waals surface area contributed by atoms with Crippen molar-refractivity contribution in [2.24, 2.45) is 5.92 Å². The van der Waals surface area contributed by atoms with Crippen molar-refractivity contribution in [2.75, 3.05) is 20.2 Å². The van der Waals surface area contributed by atoms with E-state index in [4.69, 9.17) is 4.74 Å². The number of nitrogens with one attached hydrogen (secondary N) is 2. The first kappa shape index (κ1) is 22.2. The molecule has 0 radical (unpaired) electrons. The van der Waals surface area contributed by atoms with Crippen LogP contribution in [-0.2, 0) is 22.6 Å². The molecular formula is C24H26ClN3O4. The second-order valence-corrected chi connectivity index (χ2v) is 8.35. The minimum Gasteiger partial charge on any atom is -0.508 e. The number of aromatic nitrogens is 1. The van der Waals surface area contributed by atoms with Gasteiger partial charge in [-0.1, -0.05) is 6.07 Å². The van der Waals surface area contributed by atoms with Gasteiger partial charge in [0.1, 0.15) is 5.75 Å². The number of phenolic OH excluding ortho intramolecular Hbond substituents is 1. The van der Waals surface area contributed by atoms with Gasteiger partial charge in [-0.05, 0) is 61.8 Å². The van der Waals surface area contributed by atoms with Crippen LogP contribution in [0.3, 0.4) is 0 Å². The van der Waals surface area contributed by atoms with E-state index in [1.165, 1.54) is 12.7 Å². The number of methoxy groups -OCH3 is 1. The van der Waals surface area contributed by atoms with Crippen LogP contribution in [0.2, 0.25) is 0 Å². The molecule has 168 valence electrons. The maximum absolute atomic E-state index is 12.3. The number of aromatic amines is 1. The number of piperidine rings is 1. The van der Waals surface area contributed by atoms with Crippen LogP contribution in [-0.4, -0.2) is 47.1 Å². The van der Waals surface area contributed by atoms with Crippen LogP contribution >= 0.6 is 12.4 Å². The van der Waals surface area contributed by atoms with Crippen LogP contribution in [0.25, 0.3) is 22.2 Å². The molecule has 0 spiro atoms. The van der Waals surface area contributed by atoms with E-state index in [-0.39, 0.29) is 36.0 Å². The third kappa shape index (κ3) is 3.94. The van der Waals surface area contributed by atoms with E-state index in [1.807, 2.05) is 0 Å². The zero-order chi connectivity index (χ0) is 21.5. The third-order valence-corrected chi connectivity index (χ3v) is 6.44. The minimum atomic E-state index is -0.157. The molecule has 5 rings (SSSR count). The molecule has 8 heteroatoms. The number of carbonyl (C=O) groups is 2. The summed E-state index contributed by atoms with van der Waals surface area (Å²) >= 11 is 0. The molecule has 2 aliphatic rings. The molecule has 1 amide bonds. The van der Waals surface area contributed by atoms with Crippen molar-refractivity contribution in [2.45, 2.75) is 25.9 Å². The van der Waals surface area contributed by atoms with Gasteiger partial charge in [-0.15, -0.1) is 12.4 Å². The lowest BCUT2D eigenvalue weighted by Crippen LogP contribution is -2.36. The smallest absolute Gasteiger partial charge is 0.308 e. The molecule has 1 fully saturated rings. The zero-order valence-electron chi connectivity index (χ0n) is 17.8. The Kier molecular flexibility index (Phi) is 6.13. The zero-order valence-corrected chi connectivity index (χ0v) is 18.6. The predicted octanol–water partition coefficient (Wildman–Crippen LogP) is 3.59. The standard InChI is InChI=1S/C24H25N3O4.ClH/c1-31-24(30)15-6-8-27(9-7-15)13-14-2-4-19-16(10-14)11-20(26-19)17-3-5-21(28)18-12-25-23(29)22(17)18;/h2-5,10-11,15,26,28H,6-9,12-13H2,1H3,(H,25,29);1H. The molecule has 7 nitrogen and oxygen atoms in total. The summed E-state index contributed by atoms with van der Waals surface area (Å²) < 4.78 is 4.87. The number of H-pyrrole nitrogens is 1. The first-order valence-corrected chi connectivity index (χ1v) is 10.6. The number of nitrogens with zero attached hydrogens (tertiary/aromatic N) is 1. The fourth-order valence-electron chi connectivity index (χ4n) is 4.73. The van der Waals surface area contributed by atoms with E-state index in [0.29, 0.717) is 17.7 Å². The lowest BCUT2D eigenvalue weighted by Gasteiger charge is -2.30. The van der Waals surface area contributed by atoms with Gasteiger partial charge in [0.15, 0.2) is 0 Å². The number of hydrogen-bond donors (Lipinski definition) is 3. The Morgan fingerprint density at radius 3 is 2.72 bits per heavy atom. The van der Waals surface area contributed by atoms with Crippen molar-refractivity contribution in [3.63, 3.8) is 0 Å². The Hall–Kier alpha value is -3.03. The van der Waals surface area contributed by atoms with Crippen LogP contribution in [0.1, 0.15) is 34.3 Å². The van der Waals surface area contributed by atoms with E-state index in [1.54, 1.807) is 12.1 Å². The molecule has 3 N–H and O–H groups in total. The molecule has 0 saturated carbocycles. The molecule has 32 heavy (non-hydrogen) atoms. The number of hydrogen-bond acceptors (Lipinski definition) is 5. The highest BCUT2D eigenvalue weighted by Crippen LogP contribution is 2.35. The number of carbonyl (C=O) groups excluding carboxylic acids is 2. The summed E-state index contributed by atoms with van der Waals surface area (Å²) in [6.07, 6.45) is 1.66. The predicted molar refractivity (Wildman–Crippen MR) is 124 cm³/mol. The second kappa shape index (κ2) is 8.84. The number of rotatable bonds is 4. The van der Waals surface area contributed by atoms with Crippen molar-refractivity contribution in [3.05, 3.63) is 53.1 Å². The number of phenols is 1. The molecule has 1 aromatic heterocycles. The Morgan fingerprint density at radius 1 is 1.19 bits per heavy atom. The summed E-state index contributed by atoms with van der Waals surface area (Å²) in [5.41, 5.74) is 5.06. The average molecular weight is 456 g/mol. The number of benzene rings is 2. The van der Waals surface area contributed by atoms with Crippen LogP contribution in [0, 0.1) is 5.92 Å². The van der Waals surface area contributed by atoms with Gasteiger partial charge < -0.3 is 20.1 Å². The monoisotopic (exact) mass is 455 g/mol. The normalized spacial score (nSPS) is 16.5. The first-order chi connectivity index (χ1) is 15.0.